The predicted octanol–water partition coefficient (Wildman–Crippen LogP) is 3.47. The number of oxazole rings is 1. The van der Waals surface area contributed by atoms with Gasteiger partial charge in [0.2, 0.25) is 5.89 Å². The van der Waals surface area contributed by atoms with Crippen molar-refractivity contribution in [2.45, 2.75) is 65.0 Å². The van der Waals surface area contributed by atoms with Crippen molar-refractivity contribution in [3.8, 4) is 0 Å². The largest absolute Gasteiger partial charge is 0.444 e. The summed E-state index contributed by atoms with van der Waals surface area (Å²) in [6.45, 7) is 9.47. The van der Waals surface area contributed by atoms with Crippen LogP contribution in [0, 0.1) is 5.92 Å². The van der Waals surface area contributed by atoms with Gasteiger partial charge < -0.3 is 9.73 Å². The van der Waals surface area contributed by atoms with Gasteiger partial charge in [0.15, 0.2) is 0 Å². The monoisotopic (exact) mass is 236 g/mol. The summed E-state index contributed by atoms with van der Waals surface area (Å²) in [5.41, 5.74) is 0.106. The second-order valence-corrected chi connectivity index (χ2v) is 6.27. The zero-order valence-corrected chi connectivity index (χ0v) is 11.4. The molecule has 3 heteroatoms. The van der Waals surface area contributed by atoms with Crippen LogP contribution >= 0.6 is 0 Å². The summed E-state index contributed by atoms with van der Waals surface area (Å²) < 4.78 is 5.86. The van der Waals surface area contributed by atoms with Gasteiger partial charge in [0.25, 0.3) is 0 Å². The van der Waals surface area contributed by atoms with Gasteiger partial charge in [0.1, 0.15) is 5.76 Å². The molecule has 1 aromatic heterocycles. The van der Waals surface area contributed by atoms with Crippen LogP contribution in [0.15, 0.2) is 10.6 Å². The number of rotatable bonds is 3. The summed E-state index contributed by atoms with van der Waals surface area (Å²) in [7, 11) is 0. The Morgan fingerprint density at radius 2 is 2.18 bits per heavy atom. The van der Waals surface area contributed by atoms with E-state index in [9.17, 15) is 0 Å². The van der Waals surface area contributed by atoms with Gasteiger partial charge in [-0.1, -0.05) is 13.3 Å². The lowest BCUT2D eigenvalue weighted by Gasteiger charge is -2.19. The highest BCUT2D eigenvalue weighted by atomic mass is 16.4. The first-order valence-electron chi connectivity index (χ1n) is 6.65. The van der Waals surface area contributed by atoms with Crippen molar-refractivity contribution < 1.29 is 4.42 Å². The first kappa shape index (κ1) is 12.6. The van der Waals surface area contributed by atoms with Crippen molar-refractivity contribution in [1.29, 1.82) is 0 Å². The van der Waals surface area contributed by atoms with E-state index < -0.39 is 0 Å². The first-order valence-corrected chi connectivity index (χ1v) is 6.65. The van der Waals surface area contributed by atoms with Crippen LogP contribution in [0.3, 0.4) is 0 Å². The molecule has 0 amide bonds. The van der Waals surface area contributed by atoms with Crippen molar-refractivity contribution in [1.82, 2.24) is 10.3 Å². The number of hydrogen-bond acceptors (Lipinski definition) is 3. The third-order valence-electron chi connectivity index (χ3n) is 3.57. The molecule has 17 heavy (non-hydrogen) atoms. The summed E-state index contributed by atoms with van der Waals surface area (Å²) >= 11 is 0. The van der Waals surface area contributed by atoms with Crippen LogP contribution in [0.5, 0.6) is 0 Å². The van der Waals surface area contributed by atoms with Crippen molar-refractivity contribution in [2.24, 2.45) is 5.92 Å². The summed E-state index contributed by atoms with van der Waals surface area (Å²) in [6.07, 6.45) is 5.82. The van der Waals surface area contributed by atoms with E-state index in [1.807, 2.05) is 6.20 Å². The van der Waals surface area contributed by atoms with Gasteiger partial charge in [-0.3, -0.25) is 0 Å². The number of aromatic nitrogens is 1. The molecule has 0 bridgehead atoms. The summed E-state index contributed by atoms with van der Waals surface area (Å²) in [6, 6.07) is 0. The zero-order chi connectivity index (χ0) is 12.5. The van der Waals surface area contributed by atoms with Crippen LogP contribution in [-0.2, 0) is 6.54 Å². The molecular formula is C14H24N2O. The number of hydrogen-bond donors (Lipinski definition) is 1. The van der Waals surface area contributed by atoms with Gasteiger partial charge >= 0.3 is 0 Å². The van der Waals surface area contributed by atoms with Crippen molar-refractivity contribution in [2.75, 3.05) is 0 Å². The van der Waals surface area contributed by atoms with Gasteiger partial charge in [-0.15, -0.1) is 0 Å². The number of nitrogens with one attached hydrogen (secondary N) is 1. The highest BCUT2D eigenvalue weighted by molar-refractivity contribution is 5.05. The molecule has 0 aromatic carbocycles. The minimum absolute atomic E-state index is 0.106. The molecular weight excluding hydrogens is 212 g/mol. The SMILES string of the molecule is CC1CCCC1c1cnc(CNC(C)(C)C)o1. The van der Waals surface area contributed by atoms with Crippen LogP contribution in [-0.4, -0.2) is 10.5 Å². The molecule has 1 saturated carbocycles. The molecule has 2 atom stereocenters. The Morgan fingerprint density at radius 3 is 2.76 bits per heavy atom. The lowest BCUT2D eigenvalue weighted by Crippen LogP contribution is -2.35. The smallest absolute Gasteiger partial charge is 0.208 e. The maximum Gasteiger partial charge on any atom is 0.208 e. The summed E-state index contributed by atoms with van der Waals surface area (Å²) in [4.78, 5) is 4.37. The highest BCUT2D eigenvalue weighted by Gasteiger charge is 2.28. The highest BCUT2D eigenvalue weighted by Crippen LogP contribution is 2.39. The molecule has 0 aliphatic heterocycles. The van der Waals surface area contributed by atoms with Crippen LogP contribution in [0.4, 0.5) is 0 Å². The van der Waals surface area contributed by atoms with E-state index in [2.05, 4.69) is 38.0 Å². The van der Waals surface area contributed by atoms with Crippen LogP contribution < -0.4 is 5.32 Å². The van der Waals surface area contributed by atoms with E-state index in [0.717, 1.165) is 17.6 Å². The third-order valence-corrected chi connectivity index (χ3v) is 3.57. The fourth-order valence-electron chi connectivity index (χ4n) is 2.49. The van der Waals surface area contributed by atoms with Gasteiger partial charge in [-0.25, -0.2) is 4.98 Å². The van der Waals surface area contributed by atoms with Gasteiger partial charge in [-0.05, 0) is 39.5 Å². The lowest BCUT2D eigenvalue weighted by atomic mass is 9.96. The molecule has 96 valence electrons. The van der Waals surface area contributed by atoms with Gasteiger partial charge in [0, 0.05) is 11.5 Å². The molecule has 1 aliphatic rings. The second kappa shape index (κ2) is 4.81. The van der Waals surface area contributed by atoms with E-state index in [1.54, 1.807) is 0 Å². The molecule has 1 heterocycles. The fourth-order valence-corrected chi connectivity index (χ4v) is 2.49. The van der Waals surface area contributed by atoms with Gasteiger partial charge in [0.05, 0.1) is 12.7 Å². The topological polar surface area (TPSA) is 38.1 Å². The van der Waals surface area contributed by atoms with E-state index >= 15 is 0 Å². The summed E-state index contributed by atoms with van der Waals surface area (Å²) in [5, 5.41) is 3.40. The molecule has 2 unspecified atom stereocenters. The molecule has 1 aliphatic carbocycles. The Hall–Kier alpha value is -0.830. The van der Waals surface area contributed by atoms with Crippen molar-refractivity contribution in [3.05, 3.63) is 17.8 Å². The molecule has 0 spiro atoms. The van der Waals surface area contributed by atoms with E-state index in [1.165, 1.54) is 19.3 Å². The molecule has 1 fully saturated rings. The molecule has 0 saturated heterocycles. The fraction of sp³-hybridized carbons (Fsp3) is 0.786. The quantitative estimate of drug-likeness (QED) is 0.873. The standard InChI is InChI=1S/C14H24N2O/c1-10-6-5-7-11(10)12-8-15-13(17-12)9-16-14(2,3)4/h8,10-11,16H,5-7,9H2,1-4H3. The average Bonchev–Trinajstić information content (AvgIpc) is 2.81. The number of nitrogens with zero attached hydrogens (tertiary/aromatic N) is 1. The Bertz CT molecular complexity index is 365. The predicted molar refractivity (Wildman–Crippen MR) is 68.9 cm³/mol. The van der Waals surface area contributed by atoms with Gasteiger partial charge in [-0.2, -0.15) is 0 Å². The zero-order valence-electron chi connectivity index (χ0n) is 11.4. The van der Waals surface area contributed by atoms with Crippen molar-refractivity contribution >= 4 is 0 Å². The normalized spacial score (nSPS) is 25.4. The van der Waals surface area contributed by atoms with Crippen LogP contribution in [0.2, 0.25) is 0 Å². The minimum atomic E-state index is 0.106. The minimum Gasteiger partial charge on any atom is -0.444 e. The van der Waals surface area contributed by atoms with Crippen LogP contribution in [0.25, 0.3) is 0 Å². The lowest BCUT2D eigenvalue weighted by molar-refractivity contribution is 0.351. The molecule has 2 rings (SSSR count). The third kappa shape index (κ3) is 3.32. The summed E-state index contributed by atoms with van der Waals surface area (Å²) in [5.74, 6) is 3.23. The Kier molecular flexibility index (Phi) is 3.57. The second-order valence-electron chi connectivity index (χ2n) is 6.27. The van der Waals surface area contributed by atoms with Crippen LogP contribution in [0.1, 0.15) is 64.5 Å². The average molecular weight is 236 g/mol. The Balaban J connectivity index is 1.96. The maximum absolute atomic E-state index is 5.86. The Labute approximate surface area is 104 Å². The molecule has 3 nitrogen and oxygen atoms in total. The maximum atomic E-state index is 5.86. The molecule has 1 aromatic rings. The van der Waals surface area contributed by atoms with E-state index in [0.29, 0.717) is 12.5 Å². The molecule has 0 radical (unpaired) electrons. The van der Waals surface area contributed by atoms with Crippen molar-refractivity contribution in [3.63, 3.8) is 0 Å². The van der Waals surface area contributed by atoms with E-state index in [-0.39, 0.29) is 5.54 Å². The Morgan fingerprint density at radius 1 is 1.41 bits per heavy atom. The van der Waals surface area contributed by atoms with E-state index in [4.69, 9.17) is 4.42 Å². The first-order chi connectivity index (χ1) is 7.96. The molecule has 1 N–H and O–H groups in total.